The van der Waals surface area contributed by atoms with Gasteiger partial charge < -0.3 is 9.80 Å². The van der Waals surface area contributed by atoms with Gasteiger partial charge in [-0.3, -0.25) is 14.9 Å². The first kappa shape index (κ1) is 18.8. The van der Waals surface area contributed by atoms with Crippen LogP contribution in [0.4, 0.5) is 11.4 Å². The average molecular weight is 390 g/mol. The van der Waals surface area contributed by atoms with E-state index in [1.807, 2.05) is 0 Å². The molecule has 0 aliphatic carbocycles. The predicted molar refractivity (Wildman–Crippen MR) is 99.0 cm³/mol. The fraction of sp³-hybridized carbons (Fsp3) is 0.235. The lowest BCUT2D eigenvalue weighted by Crippen LogP contribution is -2.48. The first-order chi connectivity index (χ1) is 12.8. The molecule has 0 unspecified atom stereocenters. The Morgan fingerprint density at radius 1 is 0.963 bits per heavy atom. The lowest BCUT2D eigenvalue weighted by molar-refractivity contribution is -0.384. The quantitative estimate of drug-likeness (QED) is 0.617. The van der Waals surface area contributed by atoms with E-state index >= 15 is 0 Å². The molecule has 9 nitrogen and oxygen atoms in total. The first-order valence-electron chi connectivity index (χ1n) is 8.17. The van der Waals surface area contributed by atoms with Crippen LogP contribution in [0, 0.1) is 10.1 Å². The number of rotatable bonds is 4. The van der Waals surface area contributed by atoms with E-state index in [0.717, 1.165) is 5.69 Å². The Labute approximate surface area is 156 Å². The van der Waals surface area contributed by atoms with Crippen molar-refractivity contribution in [2.75, 3.05) is 31.1 Å². The van der Waals surface area contributed by atoms with Crippen molar-refractivity contribution in [1.29, 1.82) is 0 Å². The number of hydrogen-bond donors (Lipinski definition) is 1. The summed E-state index contributed by atoms with van der Waals surface area (Å²) in [5.74, 6) is -0.181. The summed E-state index contributed by atoms with van der Waals surface area (Å²) in [6.07, 6.45) is 0. The minimum atomic E-state index is -3.79. The number of piperazine rings is 1. The van der Waals surface area contributed by atoms with Crippen LogP contribution in [0.1, 0.15) is 10.4 Å². The van der Waals surface area contributed by atoms with Crippen LogP contribution in [0.25, 0.3) is 0 Å². The van der Waals surface area contributed by atoms with Gasteiger partial charge in [0.05, 0.1) is 9.82 Å². The topological polar surface area (TPSA) is 127 Å². The monoisotopic (exact) mass is 390 g/mol. The Bertz CT molecular complexity index is 950. The summed E-state index contributed by atoms with van der Waals surface area (Å²) >= 11 is 0. The fourth-order valence-electron chi connectivity index (χ4n) is 2.92. The number of non-ortho nitro benzene ring substituents is 1. The molecule has 2 aromatic rings. The smallest absolute Gasteiger partial charge is 0.269 e. The third kappa shape index (κ3) is 4.23. The van der Waals surface area contributed by atoms with Gasteiger partial charge >= 0.3 is 0 Å². The van der Waals surface area contributed by atoms with E-state index < -0.39 is 14.9 Å². The summed E-state index contributed by atoms with van der Waals surface area (Å²) in [7, 11) is -3.79. The first-order valence-corrected chi connectivity index (χ1v) is 9.72. The predicted octanol–water partition coefficient (Wildman–Crippen LogP) is 1.20. The summed E-state index contributed by atoms with van der Waals surface area (Å²) < 4.78 is 22.6. The minimum absolute atomic E-state index is 0.0375. The second-order valence-electron chi connectivity index (χ2n) is 6.12. The second kappa shape index (κ2) is 7.33. The van der Waals surface area contributed by atoms with Crippen LogP contribution >= 0.6 is 0 Å². The molecule has 1 aliphatic heterocycles. The van der Waals surface area contributed by atoms with E-state index in [9.17, 15) is 23.3 Å². The maximum absolute atomic E-state index is 12.6. The number of carbonyl (C=O) groups is 1. The Balaban J connectivity index is 1.63. The van der Waals surface area contributed by atoms with Crippen molar-refractivity contribution in [3.05, 3.63) is 64.2 Å². The van der Waals surface area contributed by atoms with Crippen LogP contribution in [0.15, 0.2) is 53.4 Å². The number of nitrogens with zero attached hydrogens (tertiary/aromatic N) is 3. The molecule has 0 spiro atoms. The summed E-state index contributed by atoms with van der Waals surface area (Å²) in [6, 6.07) is 11.8. The summed E-state index contributed by atoms with van der Waals surface area (Å²) in [5.41, 5.74) is 1.30. The minimum Gasteiger partial charge on any atom is -0.368 e. The molecule has 27 heavy (non-hydrogen) atoms. The second-order valence-corrected chi connectivity index (χ2v) is 7.68. The molecule has 1 aliphatic rings. The molecule has 3 rings (SSSR count). The Morgan fingerprint density at radius 2 is 1.52 bits per heavy atom. The molecule has 1 fully saturated rings. The van der Waals surface area contributed by atoms with E-state index in [1.54, 1.807) is 17.0 Å². The van der Waals surface area contributed by atoms with Crippen LogP contribution in [-0.4, -0.2) is 50.3 Å². The lowest BCUT2D eigenvalue weighted by atomic mass is 10.1. The number of nitro benzene ring substituents is 1. The number of amides is 1. The van der Waals surface area contributed by atoms with E-state index in [4.69, 9.17) is 5.14 Å². The van der Waals surface area contributed by atoms with E-state index in [1.165, 1.54) is 36.4 Å². The van der Waals surface area contributed by atoms with Crippen molar-refractivity contribution in [3.63, 3.8) is 0 Å². The summed E-state index contributed by atoms with van der Waals surface area (Å²) in [4.78, 5) is 26.6. The SMILES string of the molecule is NS(=O)(=O)c1ccc(C(=O)N2CCN(c3ccc([N+](=O)[O-])cc3)CC2)cc1. The van der Waals surface area contributed by atoms with Gasteiger partial charge in [-0.15, -0.1) is 0 Å². The molecule has 2 N–H and O–H groups in total. The van der Waals surface area contributed by atoms with Crippen molar-refractivity contribution in [2.24, 2.45) is 5.14 Å². The van der Waals surface area contributed by atoms with Gasteiger partial charge in [0.2, 0.25) is 10.0 Å². The summed E-state index contributed by atoms with van der Waals surface area (Å²) in [5, 5.41) is 15.8. The van der Waals surface area contributed by atoms with Gasteiger partial charge in [0.1, 0.15) is 0 Å². The fourth-order valence-corrected chi connectivity index (χ4v) is 3.44. The molecule has 10 heteroatoms. The number of carbonyl (C=O) groups excluding carboxylic acids is 1. The molecular weight excluding hydrogens is 372 g/mol. The van der Waals surface area contributed by atoms with Gasteiger partial charge in [-0.2, -0.15) is 0 Å². The molecule has 0 saturated carbocycles. The maximum Gasteiger partial charge on any atom is 0.269 e. The zero-order chi connectivity index (χ0) is 19.6. The van der Waals surface area contributed by atoms with E-state index in [-0.39, 0.29) is 16.5 Å². The number of primary sulfonamides is 1. The van der Waals surface area contributed by atoms with Crippen molar-refractivity contribution in [2.45, 2.75) is 4.90 Å². The highest BCUT2D eigenvalue weighted by Crippen LogP contribution is 2.21. The van der Waals surface area contributed by atoms with Gasteiger partial charge in [-0.05, 0) is 36.4 Å². The number of hydrogen-bond acceptors (Lipinski definition) is 6. The number of nitrogens with two attached hydrogens (primary N) is 1. The lowest BCUT2D eigenvalue weighted by Gasteiger charge is -2.36. The van der Waals surface area contributed by atoms with Crippen LogP contribution in [0.5, 0.6) is 0 Å². The van der Waals surface area contributed by atoms with Crippen molar-refractivity contribution in [1.82, 2.24) is 4.90 Å². The van der Waals surface area contributed by atoms with Gasteiger partial charge in [0.15, 0.2) is 0 Å². The molecule has 142 valence electrons. The van der Waals surface area contributed by atoms with Gasteiger partial charge in [0.25, 0.3) is 11.6 Å². The highest BCUT2D eigenvalue weighted by Gasteiger charge is 2.23. The molecular formula is C17H18N4O5S. The number of nitro groups is 1. The average Bonchev–Trinajstić information content (AvgIpc) is 2.67. The number of benzene rings is 2. The number of anilines is 1. The normalized spacial score (nSPS) is 14.9. The highest BCUT2D eigenvalue weighted by molar-refractivity contribution is 7.89. The maximum atomic E-state index is 12.6. The zero-order valence-electron chi connectivity index (χ0n) is 14.3. The summed E-state index contributed by atoms with van der Waals surface area (Å²) in [6.45, 7) is 2.18. The molecule has 0 bridgehead atoms. The molecule has 1 heterocycles. The number of sulfonamides is 1. The van der Waals surface area contributed by atoms with Gasteiger partial charge in [-0.1, -0.05) is 0 Å². The Hall–Kier alpha value is -2.98. The van der Waals surface area contributed by atoms with Crippen molar-refractivity contribution in [3.8, 4) is 0 Å². The van der Waals surface area contributed by atoms with Crippen LogP contribution < -0.4 is 10.0 Å². The largest absolute Gasteiger partial charge is 0.368 e. The van der Waals surface area contributed by atoms with E-state index in [0.29, 0.717) is 31.7 Å². The molecule has 1 amide bonds. The molecule has 0 radical (unpaired) electrons. The Morgan fingerprint density at radius 3 is 2.00 bits per heavy atom. The van der Waals surface area contributed by atoms with Gasteiger partial charge in [-0.25, -0.2) is 13.6 Å². The third-order valence-corrected chi connectivity index (χ3v) is 5.35. The van der Waals surface area contributed by atoms with Crippen LogP contribution in [0.2, 0.25) is 0 Å². The van der Waals surface area contributed by atoms with Gasteiger partial charge in [0, 0.05) is 49.6 Å². The Kier molecular flexibility index (Phi) is 5.10. The molecule has 0 aromatic heterocycles. The van der Waals surface area contributed by atoms with Crippen molar-refractivity contribution < 1.29 is 18.1 Å². The molecule has 0 atom stereocenters. The zero-order valence-corrected chi connectivity index (χ0v) is 15.1. The van der Waals surface area contributed by atoms with Crippen LogP contribution in [-0.2, 0) is 10.0 Å². The highest BCUT2D eigenvalue weighted by atomic mass is 32.2. The third-order valence-electron chi connectivity index (χ3n) is 4.42. The van der Waals surface area contributed by atoms with Crippen LogP contribution in [0.3, 0.4) is 0 Å². The molecule has 1 saturated heterocycles. The molecule has 2 aromatic carbocycles. The standard InChI is InChI=1S/C17H18N4O5S/c18-27(25,26)16-7-1-13(2-8-16)17(22)20-11-9-19(10-12-20)14-3-5-15(6-4-14)21(23)24/h1-8H,9-12H2,(H2,18,25,26). The van der Waals surface area contributed by atoms with Crippen molar-refractivity contribution >= 4 is 27.3 Å². The van der Waals surface area contributed by atoms with E-state index in [2.05, 4.69) is 4.90 Å².